The first-order chi connectivity index (χ1) is 10.5. The quantitative estimate of drug-likeness (QED) is 0.789. The number of anilines is 1. The Hall–Kier alpha value is -1.84. The lowest BCUT2D eigenvalue weighted by molar-refractivity contribution is -0.116. The van der Waals surface area contributed by atoms with Gasteiger partial charge in [0, 0.05) is 23.4 Å². The largest absolute Gasteiger partial charge is 0.325 e. The van der Waals surface area contributed by atoms with Crippen LogP contribution in [0.1, 0.15) is 28.8 Å². The summed E-state index contributed by atoms with van der Waals surface area (Å²) >= 11 is 11.8. The van der Waals surface area contributed by atoms with Gasteiger partial charge in [-0.05, 0) is 48.9 Å². The number of Topliss-reactive ketones (excluding diaryl/α,β-unsaturated/α-hetero) is 1. The van der Waals surface area contributed by atoms with E-state index in [1.54, 1.807) is 36.4 Å². The summed E-state index contributed by atoms with van der Waals surface area (Å²) in [6.45, 7) is 1.92. The Morgan fingerprint density at radius 3 is 2.32 bits per heavy atom. The molecule has 1 N–H and O–H groups in total. The molecule has 0 saturated heterocycles. The second-order valence-corrected chi connectivity index (χ2v) is 5.81. The van der Waals surface area contributed by atoms with Crippen LogP contribution in [0.5, 0.6) is 0 Å². The van der Waals surface area contributed by atoms with E-state index in [1.165, 1.54) is 0 Å². The van der Waals surface area contributed by atoms with Crippen molar-refractivity contribution in [3.63, 3.8) is 0 Å². The van der Waals surface area contributed by atoms with E-state index in [9.17, 15) is 9.59 Å². The summed E-state index contributed by atoms with van der Waals surface area (Å²) in [6.07, 6.45) is 0.239. The van der Waals surface area contributed by atoms with Crippen molar-refractivity contribution >= 4 is 40.6 Å². The molecule has 0 aliphatic carbocycles. The fourth-order valence-corrected chi connectivity index (χ4v) is 2.35. The summed E-state index contributed by atoms with van der Waals surface area (Å²) < 4.78 is 0. The fourth-order valence-electron chi connectivity index (χ4n) is 1.94. The molecule has 0 heterocycles. The highest BCUT2D eigenvalue weighted by Gasteiger charge is 2.11. The SMILES string of the molecule is Cc1ccc(NC(=O)CCC(=O)c2ccc(Cl)cc2)c(Cl)c1. The molecule has 3 nitrogen and oxygen atoms in total. The van der Waals surface area contributed by atoms with Gasteiger partial charge in [-0.15, -0.1) is 0 Å². The van der Waals surface area contributed by atoms with Crippen molar-refractivity contribution in [3.8, 4) is 0 Å². The van der Waals surface area contributed by atoms with E-state index in [0.717, 1.165) is 5.56 Å². The maximum absolute atomic E-state index is 12.0. The zero-order chi connectivity index (χ0) is 16.1. The van der Waals surface area contributed by atoms with Gasteiger partial charge in [0.05, 0.1) is 10.7 Å². The molecule has 0 unspecified atom stereocenters. The number of hydrogen-bond acceptors (Lipinski definition) is 2. The average molecular weight is 336 g/mol. The van der Waals surface area contributed by atoms with Crippen LogP contribution < -0.4 is 5.32 Å². The zero-order valence-electron chi connectivity index (χ0n) is 12.0. The van der Waals surface area contributed by atoms with E-state index >= 15 is 0 Å². The van der Waals surface area contributed by atoms with Crippen molar-refractivity contribution in [2.45, 2.75) is 19.8 Å². The smallest absolute Gasteiger partial charge is 0.224 e. The highest BCUT2D eigenvalue weighted by Crippen LogP contribution is 2.23. The van der Waals surface area contributed by atoms with Gasteiger partial charge in [0.2, 0.25) is 5.91 Å². The van der Waals surface area contributed by atoms with Crippen LogP contribution in [-0.2, 0) is 4.79 Å². The van der Waals surface area contributed by atoms with Gasteiger partial charge in [0.15, 0.2) is 5.78 Å². The Morgan fingerprint density at radius 2 is 1.68 bits per heavy atom. The number of ketones is 1. The van der Waals surface area contributed by atoms with Crippen LogP contribution in [0.15, 0.2) is 42.5 Å². The van der Waals surface area contributed by atoms with E-state index < -0.39 is 0 Å². The minimum atomic E-state index is -0.243. The molecule has 5 heteroatoms. The van der Waals surface area contributed by atoms with Crippen molar-refractivity contribution in [2.24, 2.45) is 0 Å². The average Bonchev–Trinajstić information content (AvgIpc) is 2.48. The number of aryl methyl sites for hydroxylation is 1. The summed E-state index contributed by atoms with van der Waals surface area (Å²) in [4.78, 5) is 23.9. The molecule has 22 heavy (non-hydrogen) atoms. The van der Waals surface area contributed by atoms with Gasteiger partial charge < -0.3 is 5.32 Å². The standard InChI is InChI=1S/C17H15Cl2NO2/c1-11-2-7-15(14(19)10-11)20-17(22)9-8-16(21)12-3-5-13(18)6-4-12/h2-7,10H,8-9H2,1H3,(H,20,22). The number of amides is 1. The minimum absolute atomic E-state index is 0.0955. The molecule has 114 valence electrons. The predicted octanol–water partition coefficient (Wildman–Crippen LogP) is 4.90. The monoisotopic (exact) mass is 335 g/mol. The Kier molecular flexibility index (Phi) is 5.58. The van der Waals surface area contributed by atoms with E-state index in [2.05, 4.69) is 5.32 Å². The Labute approximate surface area is 139 Å². The molecule has 0 aromatic heterocycles. The third-order valence-corrected chi connectivity index (χ3v) is 3.71. The molecule has 0 radical (unpaired) electrons. The Bertz CT molecular complexity index is 696. The number of benzene rings is 2. The maximum atomic E-state index is 12.0. The zero-order valence-corrected chi connectivity index (χ0v) is 13.5. The first-order valence-electron chi connectivity index (χ1n) is 6.80. The van der Waals surface area contributed by atoms with E-state index in [0.29, 0.717) is 21.3 Å². The molecule has 0 aliphatic heterocycles. The van der Waals surface area contributed by atoms with Gasteiger partial charge in [-0.1, -0.05) is 29.3 Å². The number of hydrogen-bond donors (Lipinski definition) is 1. The Balaban J connectivity index is 1.89. The molecular weight excluding hydrogens is 321 g/mol. The van der Waals surface area contributed by atoms with Gasteiger partial charge >= 0.3 is 0 Å². The van der Waals surface area contributed by atoms with E-state index in [4.69, 9.17) is 23.2 Å². The number of halogens is 2. The molecule has 0 bridgehead atoms. The van der Waals surface area contributed by atoms with Crippen LogP contribution >= 0.6 is 23.2 Å². The molecule has 0 aliphatic rings. The normalized spacial score (nSPS) is 10.3. The first-order valence-corrected chi connectivity index (χ1v) is 7.56. The van der Waals surface area contributed by atoms with E-state index in [1.807, 2.05) is 13.0 Å². The summed E-state index contributed by atoms with van der Waals surface area (Å²) in [7, 11) is 0. The molecule has 1 amide bonds. The molecule has 0 spiro atoms. The third kappa shape index (κ3) is 4.58. The van der Waals surface area contributed by atoms with Crippen molar-refractivity contribution in [3.05, 3.63) is 63.6 Å². The molecule has 2 aromatic carbocycles. The summed E-state index contributed by atoms with van der Waals surface area (Å²) in [5, 5.41) is 3.77. The minimum Gasteiger partial charge on any atom is -0.325 e. The van der Waals surface area contributed by atoms with E-state index in [-0.39, 0.29) is 24.5 Å². The number of nitrogens with one attached hydrogen (secondary N) is 1. The van der Waals surface area contributed by atoms with Crippen LogP contribution in [0.4, 0.5) is 5.69 Å². The van der Waals surface area contributed by atoms with Crippen molar-refractivity contribution in [1.29, 1.82) is 0 Å². The third-order valence-electron chi connectivity index (χ3n) is 3.14. The first kappa shape index (κ1) is 16.5. The van der Waals surface area contributed by atoms with Crippen LogP contribution in [0, 0.1) is 6.92 Å². The van der Waals surface area contributed by atoms with Gasteiger partial charge in [0.1, 0.15) is 0 Å². The molecule has 0 saturated carbocycles. The molecular formula is C17H15Cl2NO2. The second kappa shape index (κ2) is 7.43. The molecule has 0 fully saturated rings. The van der Waals surface area contributed by atoms with Crippen LogP contribution in [-0.4, -0.2) is 11.7 Å². The lowest BCUT2D eigenvalue weighted by Gasteiger charge is -2.07. The number of carbonyl (C=O) groups is 2. The fraction of sp³-hybridized carbons (Fsp3) is 0.176. The Morgan fingerprint density at radius 1 is 1.00 bits per heavy atom. The summed E-state index contributed by atoms with van der Waals surface area (Å²) in [5.74, 6) is -0.338. The maximum Gasteiger partial charge on any atom is 0.224 e. The van der Waals surface area contributed by atoms with Gasteiger partial charge in [-0.2, -0.15) is 0 Å². The van der Waals surface area contributed by atoms with Crippen LogP contribution in [0.2, 0.25) is 10.0 Å². The highest BCUT2D eigenvalue weighted by molar-refractivity contribution is 6.33. The predicted molar refractivity (Wildman–Crippen MR) is 89.8 cm³/mol. The molecule has 0 atom stereocenters. The lowest BCUT2D eigenvalue weighted by Crippen LogP contribution is -2.13. The van der Waals surface area contributed by atoms with Gasteiger partial charge in [-0.25, -0.2) is 0 Å². The number of rotatable bonds is 5. The lowest BCUT2D eigenvalue weighted by atomic mass is 10.1. The highest BCUT2D eigenvalue weighted by atomic mass is 35.5. The summed E-state index contributed by atoms with van der Waals surface area (Å²) in [6, 6.07) is 12.0. The second-order valence-electron chi connectivity index (χ2n) is 4.96. The number of carbonyl (C=O) groups excluding carboxylic acids is 2. The molecule has 2 aromatic rings. The summed E-state index contributed by atoms with van der Waals surface area (Å²) in [5.41, 5.74) is 2.11. The van der Waals surface area contributed by atoms with Gasteiger partial charge in [-0.3, -0.25) is 9.59 Å². The molecule has 2 rings (SSSR count). The van der Waals surface area contributed by atoms with Crippen LogP contribution in [0.3, 0.4) is 0 Å². The van der Waals surface area contributed by atoms with Crippen molar-refractivity contribution in [2.75, 3.05) is 5.32 Å². The van der Waals surface area contributed by atoms with Crippen molar-refractivity contribution < 1.29 is 9.59 Å². The van der Waals surface area contributed by atoms with Crippen molar-refractivity contribution in [1.82, 2.24) is 0 Å². The van der Waals surface area contributed by atoms with Gasteiger partial charge in [0.25, 0.3) is 0 Å². The topological polar surface area (TPSA) is 46.2 Å². The van der Waals surface area contributed by atoms with Crippen LogP contribution in [0.25, 0.3) is 0 Å².